The summed E-state index contributed by atoms with van der Waals surface area (Å²) >= 11 is 6.30. The Morgan fingerprint density at radius 2 is 1.78 bits per heavy atom. The normalized spacial score (nSPS) is 16.3. The molecule has 0 aliphatic carbocycles. The van der Waals surface area contributed by atoms with Crippen molar-refractivity contribution in [2.45, 2.75) is 6.18 Å². The highest BCUT2D eigenvalue weighted by Crippen LogP contribution is 2.38. The molecule has 1 fully saturated rings. The van der Waals surface area contributed by atoms with Crippen LogP contribution in [0.2, 0.25) is 0 Å². The van der Waals surface area contributed by atoms with Crippen LogP contribution in [0.15, 0.2) is 53.4 Å². The lowest BCUT2D eigenvalue weighted by Gasteiger charge is -2.16. The number of halogens is 3. The largest absolute Gasteiger partial charge is 0.416 e. The molecule has 0 unspecified atom stereocenters. The summed E-state index contributed by atoms with van der Waals surface area (Å²) in [6.07, 6.45) is -2.80. The van der Waals surface area contributed by atoms with Crippen molar-refractivity contribution < 1.29 is 18.0 Å². The van der Waals surface area contributed by atoms with Crippen LogP contribution in [0.1, 0.15) is 11.1 Å². The number of rotatable bonds is 3. The molecule has 0 atom stereocenters. The van der Waals surface area contributed by atoms with Crippen molar-refractivity contribution >= 4 is 51.7 Å². The molecule has 1 heterocycles. The van der Waals surface area contributed by atoms with Crippen LogP contribution in [0, 0.1) is 0 Å². The van der Waals surface area contributed by atoms with E-state index in [-0.39, 0.29) is 10.0 Å². The molecular formula is C19H15F3N2OS2. The molecule has 0 radical (unpaired) electrons. The average Bonchev–Trinajstić information content (AvgIpc) is 2.88. The smallest absolute Gasteiger partial charge is 0.378 e. The number of benzene rings is 2. The van der Waals surface area contributed by atoms with Gasteiger partial charge in [-0.15, -0.1) is 0 Å². The number of alkyl halides is 3. The van der Waals surface area contributed by atoms with Crippen molar-refractivity contribution in [1.82, 2.24) is 0 Å². The van der Waals surface area contributed by atoms with Crippen LogP contribution in [0.25, 0.3) is 6.08 Å². The van der Waals surface area contributed by atoms with E-state index in [1.165, 1.54) is 12.1 Å². The van der Waals surface area contributed by atoms with Gasteiger partial charge in [0, 0.05) is 19.8 Å². The standard InChI is InChI=1S/C19H15F3N2OS2/c1-23(2)14-8-6-12(7-9-14)10-16-17(25)24(18(26)27-16)15-5-3-4-13(11-15)19(20,21)22/h3-11H,1-2H3. The van der Waals surface area contributed by atoms with Gasteiger partial charge in [-0.2, -0.15) is 13.2 Å². The van der Waals surface area contributed by atoms with E-state index in [0.29, 0.717) is 4.91 Å². The molecule has 3 rings (SSSR count). The molecule has 140 valence electrons. The van der Waals surface area contributed by atoms with Crippen molar-refractivity contribution in [1.29, 1.82) is 0 Å². The van der Waals surface area contributed by atoms with E-state index in [1.807, 2.05) is 43.3 Å². The van der Waals surface area contributed by atoms with Crippen molar-refractivity contribution in [2.75, 3.05) is 23.9 Å². The molecule has 2 aromatic rings. The summed E-state index contributed by atoms with van der Waals surface area (Å²) in [5.41, 5.74) is 1.12. The Bertz CT molecular complexity index is 921. The second-order valence-corrected chi connectivity index (χ2v) is 7.73. The Hall–Kier alpha value is -2.32. The number of carbonyl (C=O) groups is 1. The highest BCUT2D eigenvalue weighted by molar-refractivity contribution is 8.27. The molecule has 1 aliphatic rings. The predicted octanol–water partition coefficient (Wildman–Crippen LogP) is 5.18. The molecule has 3 nitrogen and oxygen atoms in total. The van der Waals surface area contributed by atoms with E-state index in [4.69, 9.17) is 12.2 Å². The first-order chi connectivity index (χ1) is 12.7. The lowest BCUT2D eigenvalue weighted by atomic mass is 10.1. The van der Waals surface area contributed by atoms with E-state index in [1.54, 1.807) is 6.08 Å². The van der Waals surface area contributed by atoms with Crippen LogP contribution in [-0.2, 0) is 11.0 Å². The average molecular weight is 408 g/mol. The minimum Gasteiger partial charge on any atom is -0.378 e. The highest BCUT2D eigenvalue weighted by Gasteiger charge is 2.36. The molecule has 0 N–H and O–H groups in total. The quantitative estimate of drug-likeness (QED) is 0.516. The Morgan fingerprint density at radius 1 is 1.11 bits per heavy atom. The molecule has 2 aromatic carbocycles. The molecule has 0 saturated carbocycles. The first kappa shape index (κ1) is 19.4. The van der Waals surface area contributed by atoms with E-state index in [9.17, 15) is 18.0 Å². The molecule has 0 spiro atoms. The maximum absolute atomic E-state index is 12.9. The Morgan fingerprint density at radius 3 is 2.37 bits per heavy atom. The van der Waals surface area contributed by atoms with E-state index < -0.39 is 17.6 Å². The van der Waals surface area contributed by atoms with Crippen molar-refractivity contribution in [3.8, 4) is 0 Å². The molecule has 1 aliphatic heterocycles. The fraction of sp³-hybridized carbons (Fsp3) is 0.158. The lowest BCUT2D eigenvalue weighted by Crippen LogP contribution is -2.27. The van der Waals surface area contributed by atoms with Gasteiger partial charge >= 0.3 is 6.18 Å². The third-order valence-corrected chi connectivity index (χ3v) is 5.23. The molecule has 1 amide bonds. The number of anilines is 2. The zero-order chi connectivity index (χ0) is 19.8. The monoisotopic (exact) mass is 408 g/mol. The summed E-state index contributed by atoms with van der Waals surface area (Å²) in [5.74, 6) is -0.430. The van der Waals surface area contributed by atoms with Crippen molar-refractivity contribution in [2.24, 2.45) is 0 Å². The molecule has 1 saturated heterocycles. The lowest BCUT2D eigenvalue weighted by molar-refractivity contribution is -0.137. The Labute approximate surface area is 164 Å². The van der Waals surface area contributed by atoms with Gasteiger partial charge in [0.05, 0.1) is 16.2 Å². The number of amides is 1. The van der Waals surface area contributed by atoms with Crippen LogP contribution in [0.3, 0.4) is 0 Å². The number of hydrogen-bond acceptors (Lipinski definition) is 4. The summed E-state index contributed by atoms with van der Waals surface area (Å²) in [7, 11) is 3.85. The molecular weight excluding hydrogens is 393 g/mol. The zero-order valence-electron chi connectivity index (χ0n) is 14.4. The maximum atomic E-state index is 12.9. The molecule has 0 bridgehead atoms. The van der Waals surface area contributed by atoms with Gasteiger partial charge in [0.2, 0.25) is 0 Å². The number of nitrogens with zero attached hydrogens (tertiary/aromatic N) is 2. The second-order valence-electron chi connectivity index (χ2n) is 6.05. The first-order valence-corrected chi connectivity index (χ1v) is 9.12. The van der Waals surface area contributed by atoms with Crippen molar-refractivity contribution in [3.63, 3.8) is 0 Å². The molecule has 0 aromatic heterocycles. The first-order valence-electron chi connectivity index (χ1n) is 7.89. The topological polar surface area (TPSA) is 23.6 Å². The maximum Gasteiger partial charge on any atom is 0.416 e. The minimum atomic E-state index is -4.49. The van der Waals surface area contributed by atoms with Crippen LogP contribution >= 0.6 is 24.0 Å². The summed E-state index contributed by atoms with van der Waals surface area (Å²) in [5, 5.41) is 0. The van der Waals surface area contributed by atoms with Gasteiger partial charge in [-0.3, -0.25) is 9.69 Å². The third kappa shape index (κ3) is 4.17. The van der Waals surface area contributed by atoms with Gasteiger partial charge in [-0.1, -0.05) is 42.2 Å². The number of thioether (sulfide) groups is 1. The summed E-state index contributed by atoms with van der Waals surface area (Å²) in [6, 6.07) is 12.2. The Kier molecular flexibility index (Phi) is 5.30. The molecule has 8 heteroatoms. The van der Waals surface area contributed by atoms with Gasteiger partial charge in [-0.25, -0.2) is 0 Å². The van der Waals surface area contributed by atoms with Gasteiger partial charge in [0.15, 0.2) is 4.32 Å². The summed E-state index contributed by atoms with van der Waals surface area (Å²) in [4.78, 5) is 16.2. The Balaban J connectivity index is 1.89. The van der Waals surface area contributed by atoms with Crippen LogP contribution in [0.4, 0.5) is 24.5 Å². The predicted molar refractivity (Wildman–Crippen MR) is 108 cm³/mol. The van der Waals surface area contributed by atoms with Crippen LogP contribution in [-0.4, -0.2) is 24.3 Å². The van der Waals surface area contributed by atoms with E-state index >= 15 is 0 Å². The number of hydrogen-bond donors (Lipinski definition) is 0. The van der Waals surface area contributed by atoms with E-state index in [0.717, 1.165) is 40.0 Å². The van der Waals surface area contributed by atoms with Gasteiger partial charge < -0.3 is 4.90 Å². The second kappa shape index (κ2) is 7.36. The SMILES string of the molecule is CN(C)c1ccc(C=C2SC(=S)N(c3cccc(C(F)(F)F)c3)C2=O)cc1. The van der Waals surface area contributed by atoms with E-state index in [2.05, 4.69) is 0 Å². The van der Waals surface area contributed by atoms with Crippen LogP contribution < -0.4 is 9.80 Å². The highest BCUT2D eigenvalue weighted by atomic mass is 32.2. The van der Waals surface area contributed by atoms with Crippen molar-refractivity contribution in [3.05, 3.63) is 64.6 Å². The van der Waals surface area contributed by atoms with Gasteiger partial charge in [0.1, 0.15) is 0 Å². The number of thiocarbonyl (C=S) groups is 1. The van der Waals surface area contributed by atoms with Gasteiger partial charge in [0.25, 0.3) is 5.91 Å². The summed E-state index contributed by atoms with van der Waals surface area (Å²) < 4.78 is 39.0. The van der Waals surface area contributed by atoms with Gasteiger partial charge in [-0.05, 0) is 42.0 Å². The third-order valence-electron chi connectivity index (χ3n) is 3.93. The van der Waals surface area contributed by atoms with Crippen LogP contribution in [0.5, 0.6) is 0 Å². The molecule has 27 heavy (non-hydrogen) atoms. The minimum absolute atomic E-state index is 0.110. The fourth-order valence-corrected chi connectivity index (χ4v) is 3.83. The summed E-state index contributed by atoms with van der Waals surface area (Å²) in [6.45, 7) is 0. The number of carbonyl (C=O) groups excluding carboxylic acids is 1. The zero-order valence-corrected chi connectivity index (χ0v) is 16.1. The fourth-order valence-electron chi connectivity index (χ4n) is 2.53.